The van der Waals surface area contributed by atoms with Gasteiger partial charge in [0, 0.05) is 37.3 Å². The maximum atomic E-state index is 13.8. The molecule has 43 heavy (non-hydrogen) atoms. The molecule has 0 heterocycles. The summed E-state index contributed by atoms with van der Waals surface area (Å²) < 4.78 is 58.5. The van der Waals surface area contributed by atoms with Gasteiger partial charge < -0.3 is 5.21 Å². The van der Waals surface area contributed by atoms with Crippen molar-refractivity contribution in [3.05, 3.63) is 47.5 Å². The van der Waals surface area contributed by atoms with Gasteiger partial charge in [0.2, 0.25) is 20.0 Å². The average Bonchev–Trinajstić information content (AvgIpc) is 3.24. The van der Waals surface area contributed by atoms with E-state index < -0.39 is 20.0 Å². The van der Waals surface area contributed by atoms with E-state index in [2.05, 4.69) is 60.5 Å². The Hall–Kier alpha value is -2.27. The Morgan fingerprint density at radius 1 is 0.558 bits per heavy atom. The first-order valence-corrected chi connectivity index (χ1v) is 18.5. The average molecular weight is 634 g/mol. The molecule has 0 saturated carbocycles. The molecule has 0 saturated heterocycles. The predicted octanol–water partition coefficient (Wildman–Crippen LogP) is 7.06. The molecule has 3 rings (SSSR count). The van der Waals surface area contributed by atoms with Crippen molar-refractivity contribution in [1.82, 2.24) is 8.61 Å². The summed E-state index contributed by atoms with van der Waals surface area (Å²) >= 11 is 0. The van der Waals surface area contributed by atoms with Crippen molar-refractivity contribution in [3.8, 4) is 11.1 Å². The molecule has 0 fully saturated rings. The second-order valence-corrected chi connectivity index (χ2v) is 17.3. The van der Waals surface area contributed by atoms with Crippen LogP contribution in [0.25, 0.3) is 11.1 Å². The molecule has 1 aliphatic rings. The molecule has 2 aromatic rings. The van der Waals surface area contributed by atoms with E-state index in [9.17, 15) is 22.0 Å². The number of nitrogens with zero attached hydrogens (tertiary/aromatic N) is 3. The summed E-state index contributed by atoms with van der Waals surface area (Å²) in [5.74, 6) is 1.43. The van der Waals surface area contributed by atoms with E-state index in [1.807, 2.05) is 0 Å². The second-order valence-electron chi connectivity index (χ2n) is 13.4. The molecular formula is C33H51N3O5S2. The number of rotatable bonds is 16. The highest BCUT2D eigenvalue weighted by Crippen LogP contribution is 2.40. The Labute approximate surface area is 260 Å². The normalized spacial score (nSPS) is 13.7. The molecule has 2 aromatic carbocycles. The van der Waals surface area contributed by atoms with E-state index in [4.69, 9.17) is 0 Å². The fourth-order valence-corrected chi connectivity index (χ4v) is 8.09. The van der Waals surface area contributed by atoms with Crippen LogP contribution in [0.4, 0.5) is 0 Å². The number of hydrogen-bond donors (Lipinski definition) is 1. The summed E-state index contributed by atoms with van der Waals surface area (Å²) in [7, 11) is -7.62. The molecule has 1 N–H and O–H groups in total. The first-order chi connectivity index (χ1) is 20.1. The lowest BCUT2D eigenvalue weighted by atomic mass is 10.1. The van der Waals surface area contributed by atoms with Crippen LogP contribution in [-0.4, -0.2) is 62.5 Å². The Bertz CT molecular complexity index is 1360. The molecule has 0 bridgehead atoms. The van der Waals surface area contributed by atoms with E-state index in [0.29, 0.717) is 72.1 Å². The lowest BCUT2D eigenvalue weighted by molar-refractivity contribution is 0.319. The first-order valence-electron chi connectivity index (χ1n) is 15.6. The van der Waals surface area contributed by atoms with Crippen molar-refractivity contribution in [1.29, 1.82) is 0 Å². The van der Waals surface area contributed by atoms with E-state index in [-0.39, 0.29) is 15.5 Å². The summed E-state index contributed by atoms with van der Waals surface area (Å²) in [5.41, 5.74) is 2.52. The fourth-order valence-electron chi connectivity index (χ4n) is 5.09. The minimum Gasteiger partial charge on any atom is -0.410 e. The van der Waals surface area contributed by atoms with Crippen LogP contribution < -0.4 is 0 Å². The highest BCUT2D eigenvalue weighted by Gasteiger charge is 2.33. The quantitative estimate of drug-likeness (QED) is 0.134. The third kappa shape index (κ3) is 8.47. The van der Waals surface area contributed by atoms with Crippen LogP contribution in [0, 0.1) is 23.7 Å². The van der Waals surface area contributed by atoms with Gasteiger partial charge in [-0.25, -0.2) is 16.8 Å². The van der Waals surface area contributed by atoms with E-state index in [1.54, 1.807) is 45.0 Å². The van der Waals surface area contributed by atoms with Crippen molar-refractivity contribution in [2.24, 2.45) is 28.8 Å². The topological polar surface area (TPSA) is 107 Å². The molecule has 8 nitrogen and oxygen atoms in total. The van der Waals surface area contributed by atoms with Gasteiger partial charge in [-0.05, 0) is 84.7 Å². The highest BCUT2D eigenvalue weighted by atomic mass is 32.2. The Balaban J connectivity index is 2.01. The van der Waals surface area contributed by atoms with Gasteiger partial charge in [-0.3, -0.25) is 0 Å². The van der Waals surface area contributed by atoms with E-state index >= 15 is 0 Å². The maximum absolute atomic E-state index is 13.8. The molecule has 0 aliphatic heterocycles. The van der Waals surface area contributed by atoms with Crippen molar-refractivity contribution < 1.29 is 22.0 Å². The van der Waals surface area contributed by atoms with Gasteiger partial charge in [-0.15, -0.1) is 0 Å². The van der Waals surface area contributed by atoms with Crippen molar-refractivity contribution in [3.63, 3.8) is 0 Å². The van der Waals surface area contributed by atoms with Crippen LogP contribution in [0.15, 0.2) is 51.3 Å². The molecule has 0 aromatic heterocycles. The van der Waals surface area contributed by atoms with Gasteiger partial charge in [0.15, 0.2) is 0 Å². The fraction of sp³-hybridized carbons (Fsp3) is 0.606. The molecule has 0 spiro atoms. The van der Waals surface area contributed by atoms with Crippen LogP contribution in [0.1, 0.15) is 92.2 Å². The third-order valence-corrected chi connectivity index (χ3v) is 11.8. The van der Waals surface area contributed by atoms with E-state index in [0.717, 1.165) is 25.7 Å². The molecule has 240 valence electrons. The lowest BCUT2D eigenvalue weighted by Crippen LogP contribution is -2.34. The molecule has 1 aliphatic carbocycles. The van der Waals surface area contributed by atoms with Crippen LogP contribution >= 0.6 is 0 Å². The van der Waals surface area contributed by atoms with Crippen molar-refractivity contribution in [2.75, 3.05) is 26.2 Å². The van der Waals surface area contributed by atoms with Gasteiger partial charge in [-0.1, -0.05) is 72.7 Å². The van der Waals surface area contributed by atoms with Gasteiger partial charge >= 0.3 is 0 Å². The number of benzene rings is 2. The predicted molar refractivity (Wildman–Crippen MR) is 175 cm³/mol. The third-order valence-electron chi connectivity index (χ3n) is 7.98. The Kier molecular flexibility index (Phi) is 12.0. The monoisotopic (exact) mass is 633 g/mol. The summed E-state index contributed by atoms with van der Waals surface area (Å²) in [4.78, 5) is 0.267. The molecule has 0 amide bonds. The highest BCUT2D eigenvalue weighted by molar-refractivity contribution is 7.89. The number of hydrogen-bond acceptors (Lipinski definition) is 6. The molecule has 0 unspecified atom stereocenters. The maximum Gasteiger partial charge on any atom is 0.243 e. The van der Waals surface area contributed by atoms with Crippen LogP contribution in [0.5, 0.6) is 0 Å². The molecular weight excluding hydrogens is 583 g/mol. The first kappa shape index (κ1) is 35.2. The summed E-state index contributed by atoms with van der Waals surface area (Å²) in [6, 6.07) is 9.77. The van der Waals surface area contributed by atoms with Gasteiger partial charge in [-0.2, -0.15) is 8.61 Å². The minimum atomic E-state index is -3.81. The lowest BCUT2D eigenvalue weighted by Gasteiger charge is -2.24. The van der Waals surface area contributed by atoms with Crippen molar-refractivity contribution >= 4 is 25.8 Å². The number of oxime groups is 1. The zero-order valence-corrected chi connectivity index (χ0v) is 28.8. The molecule has 0 atom stereocenters. The van der Waals surface area contributed by atoms with Gasteiger partial charge in [0.05, 0.1) is 9.79 Å². The smallest absolute Gasteiger partial charge is 0.243 e. The Morgan fingerprint density at radius 3 is 1.12 bits per heavy atom. The van der Waals surface area contributed by atoms with Gasteiger partial charge in [0.1, 0.15) is 5.71 Å². The van der Waals surface area contributed by atoms with Crippen LogP contribution in [0.3, 0.4) is 0 Å². The van der Waals surface area contributed by atoms with Crippen LogP contribution in [0.2, 0.25) is 0 Å². The number of fused-ring (bicyclic) bond motifs is 3. The minimum absolute atomic E-state index is 0.133. The number of sulfonamides is 2. The molecule has 10 heteroatoms. The van der Waals surface area contributed by atoms with E-state index in [1.165, 1.54) is 0 Å². The second kappa shape index (κ2) is 14.7. The summed E-state index contributed by atoms with van der Waals surface area (Å²) in [5, 5.41) is 13.7. The zero-order valence-electron chi connectivity index (χ0n) is 27.2. The standard InChI is InChI=1S/C33H51N3O5S2/c1-23(2)13-17-35(18-14-24(3)4)42(38,39)27-9-11-29-30-12-10-28(22-32(30)33(34-37)31(29)21-27)43(40,41)36(19-15-25(5)6)20-16-26(7)8/h9-12,21-26,37H,13-20H2,1-8H3. The largest absolute Gasteiger partial charge is 0.410 e. The van der Waals surface area contributed by atoms with Gasteiger partial charge in [0.25, 0.3) is 0 Å². The van der Waals surface area contributed by atoms with Crippen molar-refractivity contribution in [2.45, 2.75) is 90.9 Å². The Morgan fingerprint density at radius 2 is 0.860 bits per heavy atom. The summed E-state index contributed by atoms with van der Waals surface area (Å²) in [6.07, 6.45) is 3.00. The SMILES string of the molecule is CC(C)CCN(CCC(C)C)S(=O)(=O)c1ccc2c(c1)C(=NO)c1cc(S(=O)(=O)N(CCC(C)C)CCC(C)C)ccc1-2. The van der Waals surface area contributed by atoms with Crippen LogP contribution in [-0.2, 0) is 20.0 Å². The summed E-state index contributed by atoms with van der Waals surface area (Å²) in [6.45, 7) is 18.3. The molecule has 0 radical (unpaired) electrons. The zero-order chi connectivity index (χ0) is 32.1.